The molecule has 4 aromatic rings. The van der Waals surface area contributed by atoms with Gasteiger partial charge in [0.05, 0.1) is 26.5 Å². The quantitative estimate of drug-likeness (QED) is 0.440. The van der Waals surface area contributed by atoms with E-state index in [4.69, 9.17) is 14.6 Å². The molecule has 0 aliphatic carbocycles. The zero-order valence-corrected chi connectivity index (χ0v) is 19.6. The maximum Gasteiger partial charge on any atom is 0.262 e. The van der Waals surface area contributed by atoms with Crippen LogP contribution in [0.3, 0.4) is 0 Å². The molecule has 0 saturated carbocycles. The van der Waals surface area contributed by atoms with Crippen molar-refractivity contribution < 1.29 is 14.3 Å². The van der Waals surface area contributed by atoms with Crippen LogP contribution in [0.2, 0.25) is 0 Å². The van der Waals surface area contributed by atoms with E-state index >= 15 is 0 Å². The summed E-state index contributed by atoms with van der Waals surface area (Å²) in [5.74, 6) is 1.56. The molecule has 3 aromatic carbocycles. The van der Waals surface area contributed by atoms with Gasteiger partial charge in [-0.15, -0.1) is 0 Å². The Labute approximate surface area is 203 Å². The van der Waals surface area contributed by atoms with E-state index in [0.717, 1.165) is 33.8 Å². The van der Waals surface area contributed by atoms with E-state index in [0.29, 0.717) is 13.0 Å². The highest BCUT2D eigenvalue weighted by Gasteiger charge is 2.49. The number of H-pyrrole nitrogens is 1. The molecule has 3 heterocycles. The molecule has 6 rings (SSSR count). The molecule has 1 saturated heterocycles. The first-order valence-electron chi connectivity index (χ1n) is 11.7. The summed E-state index contributed by atoms with van der Waals surface area (Å²) in [4.78, 5) is 19.6. The summed E-state index contributed by atoms with van der Waals surface area (Å²) < 4.78 is 10.6. The fraction of sp³-hybridized carbons (Fsp3) is 0.214. The number of nitrogens with zero attached hydrogens (tertiary/aromatic N) is 3. The molecule has 1 N–H and O–H groups in total. The minimum absolute atomic E-state index is 0.00603. The second kappa shape index (κ2) is 8.60. The van der Waals surface area contributed by atoms with Crippen molar-refractivity contribution in [1.82, 2.24) is 14.9 Å². The fourth-order valence-corrected chi connectivity index (χ4v) is 5.17. The predicted molar refractivity (Wildman–Crippen MR) is 135 cm³/mol. The van der Waals surface area contributed by atoms with Crippen molar-refractivity contribution in [3.8, 4) is 11.5 Å². The van der Waals surface area contributed by atoms with Crippen LogP contribution in [-0.2, 0) is 17.8 Å². The second-order valence-corrected chi connectivity index (χ2v) is 8.87. The van der Waals surface area contributed by atoms with Crippen molar-refractivity contribution in [3.63, 3.8) is 0 Å². The van der Waals surface area contributed by atoms with E-state index in [9.17, 15) is 4.79 Å². The molecule has 7 heteroatoms. The summed E-state index contributed by atoms with van der Waals surface area (Å²) in [6, 6.07) is 23.5. The molecule has 0 radical (unpaired) electrons. The number of aromatic nitrogens is 1. The maximum atomic E-state index is 13.8. The lowest BCUT2D eigenvalue weighted by molar-refractivity contribution is -0.130. The minimum Gasteiger partial charge on any atom is -0.497 e. The first-order valence-corrected chi connectivity index (χ1v) is 11.7. The van der Waals surface area contributed by atoms with Gasteiger partial charge >= 0.3 is 0 Å². The average Bonchev–Trinajstić information content (AvgIpc) is 3.40. The number of hydrogen-bond acceptors (Lipinski definition) is 5. The number of carbonyl (C=O) groups excluding carboxylic acids is 1. The molecule has 1 amide bonds. The van der Waals surface area contributed by atoms with Gasteiger partial charge in [0.2, 0.25) is 0 Å². The van der Waals surface area contributed by atoms with Gasteiger partial charge in [0.1, 0.15) is 17.7 Å². The van der Waals surface area contributed by atoms with Gasteiger partial charge in [0.15, 0.2) is 0 Å². The fourth-order valence-electron chi connectivity index (χ4n) is 5.17. The number of para-hydroxylation sites is 1. The van der Waals surface area contributed by atoms with Crippen molar-refractivity contribution in [2.75, 3.05) is 14.2 Å². The van der Waals surface area contributed by atoms with Crippen LogP contribution in [0.4, 0.5) is 0 Å². The van der Waals surface area contributed by atoms with Gasteiger partial charge in [-0.25, -0.2) is 5.01 Å². The molecule has 2 aliphatic rings. The van der Waals surface area contributed by atoms with E-state index < -0.39 is 0 Å². The first kappa shape index (κ1) is 21.4. The van der Waals surface area contributed by atoms with Gasteiger partial charge in [-0.1, -0.05) is 30.3 Å². The second-order valence-electron chi connectivity index (χ2n) is 8.87. The summed E-state index contributed by atoms with van der Waals surface area (Å²) in [6.07, 6.45) is 2.08. The van der Waals surface area contributed by atoms with Crippen LogP contribution in [0.15, 0.2) is 77.9 Å². The summed E-state index contributed by atoms with van der Waals surface area (Å²) in [5.41, 5.74) is 5.39. The summed E-state index contributed by atoms with van der Waals surface area (Å²) in [6.45, 7) is 0.645. The van der Waals surface area contributed by atoms with Crippen LogP contribution >= 0.6 is 0 Å². The third-order valence-corrected chi connectivity index (χ3v) is 6.96. The van der Waals surface area contributed by atoms with Crippen LogP contribution in [-0.4, -0.2) is 47.3 Å². The van der Waals surface area contributed by atoms with Crippen LogP contribution in [0.5, 0.6) is 11.5 Å². The molecule has 1 fully saturated rings. The Morgan fingerprint density at radius 3 is 2.34 bits per heavy atom. The number of methoxy groups -OCH3 is 2. The highest BCUT2D eigenvalue weighted by molar-refractivity contribution is 5.90. The topological polar surface area (TPSA) is 70.2 Å². The van der Waals surface area contributed by atoms with Crippen LogP contribution in [0, 0.1) is 0 Å². The van der Waals surface area contributed by atoms with Crippen LogP contribution < -0.4 is 9.47 Å². The number of nitrogens with one attached hydrogen (secondary N) is 1. The number of benzene rings is 3. The van der Waals surface area contributed by atoms with Crippen molar-refractivity contribution in [2.24, 2.45) is 5.10 Å². The maximum absolute atomic E-state index is 13.8. The number of rotatable bonds is 5. The molecule has 35 heavy (non-hydrogen) atoms. The molecule has 2 atom stereocenters. The lowest BCUT2D eigenvalue weighted by Gasteiger charge is -2.32. The Balaban J connectivity index is 1.39. The van der Waals surface area contributed by atoms with E-state index in [2.05, 4.69) is 22.0 Å². The highest BCUT2D eigenvalue weighted by atomic mass is 16.5. The number of amides is 1. The third kappa shape index (κ3) is 3.65. The monoisotopic (exact) mass is 466 g/mol. The Morgan fingerprint density at radius 2 is 1.63 bits per heavy atom. The molecule has 1 aromatic heterocycles. The molecular weight excluding hydrogens is 440 g/mol. The van der Waals surface area contributed by atoms with Gasteiger partial charge in [-0.3, -0.25) is 9.69 Å². The molecular formula is C28H26N4O3. The SMILES string of the molecule is COc1ccc(/C=N\N2C(=O)[C@@H]3Cc4c([nH]c5ccccc45)CN3[C@H]2c2ccc(OC)cc2)cc1. The number of ether oxygens (including phenoxy) is 2. The van der Waals surface area contributed by atoms with Gasteiger partial charge in [0, 0.05) is 23.1 Å². The van der Waals surface area contributed by atoms with Gasteiger partial charge < -0.3 is 14.5 Å². The number of hydrogen-bond donors (Lipinski definition) is 1. The van der Waals surface area contributed by atoms with Gasteiger partial charge in [-0.05, 0) is 65.6 Å². The summed E-state index contributed by atoms with van der Waals surface area (Å²) in [5, 5.41) is 7.52. The molecule has 0 spiro atoms. The largest absolute Gasteiger partial charge is 0.497 e. The number of aromatic amines is 1. The summed E-state index contributed by atoms with van der Waals surface area (Å²) in [7, 11) is 3.29. The molecule has 7 nitrogen and oxygen atoms in total. The van der Waals surface area contributed by atoms with Gasteiger partial charge in [-0.2, -0.15) is 5.10 Å². The van der Waals surface area contributed by atoms with E-state index in [1.165, 1.54) is 10.9 Å². The smallest absolute Gasteiger partial charge is 0.262 e. The van der Waals surface area contributed by atoms with E-state index in [-0.39, 0.29) is 18.1 Å². The number of carbonyl (C=O) groups is 1. The Kier molecular flexibility index (Phi) is 5.26. The highest BCUT2D eigenvalue weighted by Crippen LogP contribution is 2.42. The summed E-state index contributed by atoms with van der Waals surface area (Å²) >= 11 is 0. The number of fused-ring (bicyclic) bond motifs is 4. The number of hydrazone groups is 1. The van der Waals surface area contributed by atoms with Gasteiger partial charge in [0.25, 0.3) is 5.91 Å². The van der Waals surface area contributed by atoms with Crippen LogP contribution in [0.25, 0.3) is 10.9 Å². The zero-order valence-electron chi connectivity index (χ0n) is 19.6. The Morgan fingerprint density at radius 1 is 0.943 bits per heavy atom. The normalized spacial score (nSPS) is 19.8. The minimum atomic E-state index is -0.313. The predicted octanol–water partition coefficient (Wildman–Crippen LogP) is 4.49. The Hall–Kier alpha value is -4.10. The third-order valence-electron chi connectivity index (χ3n) is 6.96. The average molecular weight is 467 g/mol. The molecule has 0 unspecified atom stereocenters. The van der Waals surface area contributed by atoms with Crippen molar-refractivity contribution in [3.05, 3.63) is 95.2 Å². The van der Waals surface area contributed by atoms with Crippen LogP contribution in [0.1, 0.15) is 28.6 Å². The zero-order chi connectivity index (χ0) is 23.9. The van der Waals surface area contributed by atoms with Crippen molar-refractivity contribution in [2.45, 2.75) is 25.2 Å². The Bertz CT molecular complexity index is 1410. The van der Waals surface area contributed by atoms with Crippen molar-refractivity contribution in [1.29, 1.82) is 0 Å². The molecule has 176 valence electrons. The standard InChI is InChI=1S/C28H26N4O3/c1-34-20-11-7-18(8-12-20)16-29-32-27(19-9-13-21(35-2)14-10-19)31-17-25-23(15-26(31)28(32)33)22-5-3-4-6-24(22)30-25/h3-14,16,26-27,30H,15,17H2,1-2H3/b29-16-/t26-,27+/m0/s1. The lowest BCUT2D eigenvalue weighted by atomic mass is 9.97. The molecule has 0 bridgehead atoms. The molecule has 2 aliphatic heterocycles. The van der Waals surface area contributed by atoms with Crippen molar-refractivity contribution >= 4 is 23.0 Å². The lowest BCUT2D eigenvalue weighted by Crippen LogP contribution is -2.39. The van der Waals surface area contributed by atoms with E-state index in [1.54, 1.807) is 25.4 Å². The first-order chi connectivity index (χ1) is 17.2. The van der Waals surface area contributed by atoms with E-state index in [1.807, 2.05) is 60.7 Å².